The quantitative estimate of drug-likeness (QED) is 0.622. The highest BCUT2D eigenvalue weighted by molar-refractivity contribution is 9.10. The molecule has 9 heteroatoms. The zero-order valence-electron chi connectivity index (χ0n) is 16.2. The largest absolute Gasteiger partial charge is 0.493 e. The standard InChI is InChI=1S/C19H22BrNO6S/c1-19(2,3)27-18(22)21(13-8-6-7-12(20)11-13)14-9-10-15(25-4)16(26-5)17(14)28(23)24/h6-11,14H,1-5H3. The van der Waals surface area contributed by atoms with Crippen LogP contribution in [-0.4, -0.2) is 45.2 Å². The summed E-state index contributed by atoms with van der Waals surface area (Å²) in [6.07, 6.45) is 2.42. The topological polar surface area (TPSA) is 82.1 Å². The predicted octanol–water partition coefficient (Wildman–Crippen LogP) is 3.68. The van der Waals surface area contributed by atoms with Crippen molar-refractivity contribution in [3.8, 4) is 0 Å². The molecule has 0 radical (unpaired) electrons. The second-order valence-corrected chi connectivity index (χ2v) is 8.66. The summed E-state index contributed by atoms with van der Waals surface area (Å²) in [4.78, 5) is 14.2. The molecule has 0 fully saturated rings. The summed E-state index contributed by atoms with van der Waals surface area (Å²) >= 11 is 3.38. The molecule has 1 aromatic carbocycles. The van der Waals surface area contributed by atoms with Crippen molar-refractivity contribution in [2.45, 2.75) is 32.4 Å². The molecule has 0 N–H and O–H groups in total. The molecule has 0 spiro atoms. The Labute approximate surface area is 174 Å². The van der Waals surface area contributed by atoms with Gasteiger partial charge in [0.15, 0.2) is 11.5 Å². The number of rotatable bonds is 4. The summed E-state index contributed by atoms with van der Waals surface area (Å²) in [6.45, 7) is 5.21. The fraction of sp³-hybridized carbons (Fsp3) is 0.368. The number of nitrogens with zero attached hydrogens (tertiary/aromatic N) is 1. The summed E-state index contributed by atoms with van der Waals surface area (Å²) in [6, 6.07) is 5.95. The molecular weight excluding hydrogens is 450 g/mol. The summed E-state index contributed by atoms with van der Waals surface area (Å²) in [5, 5.41) is 0. The van der Waals surface area contributed by atoms with Crippen molar-refractivity contribution >= 4 is 42.9 Å². The van der Waals surface area contributed by atoms with E-state index in [9.17, 15) is 13.2 Å². The van der Waals surface area contributed by atoms with E-state index in [4.69, 9.17) is 14.2 Å². The van der Waals surface area contributed by atoms with Gasteiger partial charge in [-0.3, -0.25) is 4.90 Å². The molecule has 1 aliphatic rings. The van der Waals surface area contributed by atoms with Crippen LogP contribution in [0.25, 0.3) is 0 Å². The number of halogens is 1. The first-order valence-electron chi connectivity index (χ1n) is 8.33. The molecule has 1 aromatic rings. The van der Waals surface area contributed by atoms with Gasteiger partial charge in [0.05, 0.1) is 14.2 Å². The number of carbonyl (C=O) groups is 1. The van der Waals surface area contributed by atoms with Gasteiger partial charge in [-0.2, -0.15) is 8.42 Å². The summed E-state index contributed by atoms with van der Waals surface area (Å²) in [5.74, 6) is 0.281. The molecule has 0 saturated heterocycles. The first kappa shape index (κ1) is 22.0. The van der Waals surface area contributed by atoms with Crippen LogP contribution >= 0.6 is 15.9 Å². The third-order valence-corrected chi connectivity index (χ3v) is 4.98. The van der Waals surface area contributed by atoms with Gasteiger partial charge in [0.2, 0.25) is 10.3 Å². The molecule has 152 valence electrons. The van der Waals surface area contributed by atoms with Crippen LogP contribution in [0.5, 0.6) is 0 Å². The van der Waals surface area contributed by atoms with Gasteiger partial charge in [0.1, 0.15) is 16.5 Å². The van der Waals surface area contributed by atoms with E-state index in [2.05, 4.69) is 15.9 Å². The van der Waals surface area contributed by atoms with Crippen LogP contribution in [0.4, 0.5) is 10.5 Å². The Morgan fingerprint density at radius 1 is 1.18 bits per heavy atom. The van der Waals surface area contributed by atoms with E-state index in [1.807, 2.05) is 0 Å². The van der Waals surface area contributed by atoms with Crippen LogP contribution in [0, 0.1) is 0 Å². The Morgan fingerprint density at radius 3 is 2.36 bits per heavy atom. The lowest BCUT2D eigenvalue weighted by atomic mass is 10.0. The highest BCUT2D eigenvalue weighted by Crippen LogP contribution is 2.29. The Hall–Kier alpha value is -2.26. The average molecular weight is 472 g/mol. The molecular formula is C19H22BrNO6S. The van der Waals surface area contributed by atoms with Gasteiger partial charge in [-0.05, 0) is 45.0 Å². The number of carbonyl (C=O) groups excluding carboxylic acids is 1. The number of allylic oxidation sites excluding steroid dienone is 1. The average Bonchev–Trinajstić information content (AvgIpc) is 2.59. The molecule has 0 aromatic heterocycles. The lowest BCUT2D eigenvalue weighted by Gasteiger charge is -2.34. The van der Waals surface area contributed by atoms with E-state index in [0.29, 0.717) is 5.69 Å². The molecule has 7 nitrogen and oxygen atoms in total. The maximum Gasteiger partial charge on any atom is 0.415 e. The normalized spacial score (nSPS) is 16.6. The fourth-order valence-electron chi connectivity index (χ4n) is 2.65. The monoisotopic (exact) mass is 471 g/mol. The SMILES string of the molecule is COC1=C(OC)C(=S(=O)=O)C(N(C(=O)OC(C)(C)C)c2cccc(Br)c2)C=C1. The van der Waals surface area contributed by atoms with Gasteiger partial charge in [-0.25, -0.2) is 4.79 Å². The molecule has 0 saturated carbocycles. The van der Waals surface area contributed by atoms with E-state index in [1.165, 1.54) is 19.1 Å². The Morgan fingerprint density at radius 2 is 1.86 bits per heavy atom. The van der Waals surface area contributed by atoms with Crippen molar-refractivity contribution < 1.29 is 27.4 Å². The smallest absolute Gasteiger partial charge is 0.415 e. The van der Waals surface area contributed by atoms with Crippen LogP contribution in [0.15, 0.2) is 52.4 Å². The maximum atomic E-state index is 13.0. The zero-order chi connectivity index (χ0) is 21.1. The number of methoxy groups -OCH3 is 2. The van der Waals surface area contributed by atoms with Crippen molar-refractivity contribution in [2.24, 2.45) is 0 Å². The van der Waals surface area contributed by atoms with Crippen LogP contribution < -0.4 is 4.90 Å². The van der Waals surface area contributed by atoms with E-state index in [0.717, 1.165) is 4.47 Å². The van der Waals surface area contributed by atoms with Crippen LogP contribution in [0.1, 0.15) is 20.8 Å². The lowest BCUT2D eigenvalue weighted by Crippen LogP contribution is -2.48. The van der Waals surface area contributed by atoms with Gasteiger partial charge >= 0.3 is 6.09 Å². The summed E-state index contributed by atoms with van der Waals surface area (Å²) in [7, 11) is 0.0663. The van der Waals surface area contributed by atoms with E-state index in [-0.39, 0.29) is 16.4 Å². The van der Waals surface area contributed by atoms with Gasteiger partial charge in [-0.1, -0.05) is 28.1 Å². The second kappa shape index (κ2) is 8.83. The molecule has 2 rings (SSSR count). The number of benzene rings is 1. The molecule has 1 aliphatic carbocycles. The maximum absolute atomic E-state index is 13.0. The van der Waals surface area contributed by atoms with Gasteiger partial charge < -0.3 is 14.2 Å². The zero-order valence-corrected chi connectivity index (χ0v) is 18.6. The molecule has 0 heterocycles. The minimum atomic E-state index is -2.68. The second-order valence-electron chi connectivity index (χ2n) is 6.83. The van der Waals surface area contributed by atoms with Crippen LogP contribution in [-0.2, 0) is 24.5 Å². The highest BCUT2D eigenvalue weighted by Gasteiger charge is 2.37. The number of hydrogen-bond acceptors (Lipinski definition) is 6. The fourth-order valence-corrected chi connectivity index (χ4v) is 3.76. The number of hydrogen-bond donors (Lipinski definition) is 0. The van der Waals surface area contributed by atoms with Crippen LogP contribution in [0.3, 0.4) is 0 Å². The number of ether oxygens (including phenoxy) is 3. The molecule has 1 amide bonds. The minimum Gasteiger partial charge on any atom is -0.493 e. The Balaban J connectivity index is 2.67. The van der Waals surface area contributed by atoms with Crippen molar-refractivity contribution in [2.75, 3.05) is 19.1 Å². The van der Waals surface area contributed by atoms with Crippen molar-refractivity contribution in [3.63, 3.8) is 0 Å². The number of anilines is 1. The van der Waals surface area contributed by atoms with Crippen molar-refractivity contribution in [1.29, 1.82) is 0 Å². The van der Waals surface area contributed by atoms with E-state index in [1.54, 1.807) is 57.2 Å². The molecule has 1 atom stereocenters. The van der Waals surface area contributed by atoms with Crippen molar-refractivity contribution in [3.05, 3.63) is 52.4 Å². The van der Waals surface area contributed by atoms with Crippen molar-refractivity contribution in [1.82, 2.24) is 0 Å². The van der Waals surface area contributed by atoms with E-state index >= 15 is 0 Å². The van der Waals surface area contributed by atoms with Gasteiger partial charge in [0, 0.05) is 10.2 Å². The molecule has 28 heavy (non-hydrogen) atoms. The Kier molecular flexibility index (Phi) is 6.95. The Bertz CT molecular complexity index is 951. The first-order valence-corrected chi connectivity index (χ1v) is 10.2. The van der Waals surface area contributed by atoms with Gasteiger partial charge in [0.25, 0.3) is 0 Å². The van der Waals surface area contributed by atoms with Crippen LogP contribution in [0.2, 0.25) is 0 Å². The highest BCUT2D eigenvalue weighted by atomic mass is 79.9. The van der Waals surface area contributed by atoms with E-state index < -0.39 is 28.0 Å². The third kappa shape index (κ3) is 4.96. The number of amides is 1. The lowest BCUT2D eigenvalue weighted by molar-refractivity contribution is 0.0578. The first-order chi connectivity index (χ1) is 13.1. The molecule has 0 bridgehead atoms. The van der Waals surface area contributed by atoms with Gasteiger partial charge in [-0.15, -0.1) is 0 Å². The summed E-state index contributed by atoms with van der Waals surface area (Å²) in [5.41, 5.74) is -0.314. The predicted molar refractivity (Wildman–Crippen MR) is 111 cm³/mol. The minimum absolute atomic E-state index is 0.0342. The summed E-state index contributed by atoms with van der Waals surface area (Å²) < 4.78 is 40.9. The molecule has 1 unspecified atom stereocenters. The third-order valence-electron chi connectivity index (χ3n) is 3.70. The molecule has 0 aliphatic heterocycles.